The smallest absolute Gasteiger partial charge is 0.232 e. The van der Waals surface area contributed by atoms with Crippen LogP contribution in [0.3, 0.4) is 0 Å². The molecule has 1 saturated carbocycles. The van der Waals surface area contributed by atoms with Crippen LogP contribution in [0.1, 0.15) is 6.42 Å². The number of nitrogens with zero attached hydrogens (tertiary/aromatic N) is 1. The second-order valence-corrected chi connectivity index (χ2v) is 7.37. The van der Waals surface area contributed by atoms with Crippen molar-refractivity contribution in [1.29, 1.82) is 0 Å². The lowest BCUT2D eigenvalue weighted by Gasteiger charge is -2.00. The molecule has 3 rings (SSSR count). The molecule has 0 spiro atoms. The topological polar surface area (TPSA) is 42.0 Å². The second-order valence-electron chi connectivity index (χ2n) is 4.02. The van der Waals surface area contributed by atoms with Crippen molar-refractivity contribution in [2.75, 3.05) is 5.32 Å². The summed E-state index contributed by atoms with van der Waals surface area (Å²) in [7, 11) is 0. The molecule has 0 aliphatic heterocycles. The third kappa shape index (κ3) is 2.40. The van der Waals surface area contributed by atoms with Gasteiger partial charge in [-0.15, -0.1) is 45.9 Å². The molecule has 1 aliphatic rings. The molecule has 2 aromatic heterocycles. The van der Waals surface area contributed by atoms with Crippen LogP contribution in [-0.4, -0.2) is 15.2 Å². The summed E-state index contributed by atoms with van der Waals surface area (Å²) >= 11 is 14.7. The summed E-state index contributed by atoms with van der Waals surface area (Å²) in [5, 5.41) is 7.24. The summed E-state index contributed by atoms with van der Waals surface area (Å²) in [6.45, 7) is 0. The summed E-state index contributed by atoms with van der Waals surface area (Å²) in [4.78, 5) is 17.2. The molecule has 0 radical (unpaired) electrons. The third-order valence-corrected chi connectivity index (χ3v) is 5.14. The Morgan fingerprint density at radius 1 is 1.50 bits per heavy atom. The van der Waals surface area contributed by atoms with E-state index in [1.807, 2.05) is 22.9 Å². The van der Waals surface area contributed by atoms with E-state index in [-0.39, 0.29) is 11.8 Å². The number of alkyl halides is 2. The van der Waals surface area contributed by atoms with Crippen molar-refractivity contribution in [3.05, 3.63) is 22.9 Å². The molecule has 1 atom stereocenters. The number of hydrogen-bond donors (Lipinski definition) is 1. The summed E-state index contributed by atoms with van der Waals surface area (Å²) in [6, 6.07) is 3.96. The van der Waals surface area contributed by atoms with Crippen molar-refractivity contribution in [3.63, 3.8) is 0 Å². The monoisotopic (exact) mass is 318 g/mol. The molecule has 2 aromatic rings. The van der Waals surface area contributed by atoms with Gasteiger partial charge in [-0.1, -0.05) is 6.07 Å². The van der Waals surface area contributed by atoms with Gasteiger partial charge in [-0.3, -0.25) is 4.79 Å². The number of rotatable bonds is 3. The van der Waals surface area contributed by atoms with Crippen LogP contribution in [0, 0.1) is 5.92 Å². The largest absolute Gasteiger partial charge is 0.302 e. The van der Waals surface area contributed by atoms with Gasteiger partial charge in [-0.2, -0.15) is 0 Å². The SMILES string of the molecule is O=C(Nc1nc(-c2cccs2)cs1)C1CC1(Cl)Cl. The van der Waals surface area contributed by atoms with Crippen molar-refractivity contribution in [1.82, 2.24) is 4.98 Å². The fourth-order valence-corrected chi connectivity index (χ4v) is 3.54. The maximum Gasteiger partial charge on any atom is 0.232 e. The van der Waals surface area contributed by atoms with Gasteiger partial charge in [0.2, 0.25) is 5.91 Å². The average Bonchev–Trinajstić information content (AvgIpc) is 2.81. The fraction of sp³-hybridized carbons (Fsp3) is 0.273. The molecule has 18 heavy (non-hydrogen) atoms. The molecule has 0 saturated heterocycles. The fourth-order valence-electron chi connectivity index (χ4n) is 1.56. The zero-order chi connectivity index (χ0) is 12.8. The first-order chi connectivity index (χ1) is 8.56. The van der Waals surface area contributed by atoms with E-state index in [2.05, 4.69) is 10.3 Å². The molecular weight excluding hydrogens is 311 g/mol. The lowest BCUT2D eigenvalue weighted by Crippen LogP contribution is -2.16. The van der Waals surface area contributed by atoms with E-state index in [0.717, 1.165) is 10.6 Å². The van der Waals surface area contributed by atoms with E-state index < -0.39 is 4.33 Å². The normalized spacial score (nSPS) is 20.7. The summed E-state index contributed by atoms with van der Waals surface area (Å²) < 4.78 is -0.891. The number of carbonyl (C=O) groups is 1. The molecule has 94 valence electrons. The van der Waals surface area contributed by atoms with E-state index in [1.165, 1.54) is 11.3 Å². The number of nitrogens with one attached hydrogen (secondary N) is 1. The number of thiophene rings is 1. The Labute approximate surface area is 122 Å². The van der Waals surface area contributed by atoms with Gasteiger partial charge in [0.1, 0.15) is 4.33 Å². The van der Waals surface area contributed by atoms with Crippen LogP contribution in [0.15, 0.2) is 22.9 Å². The van der Waals surface area contributed by atoms with Gasteiger partial charge in [-0.05, 0) is 17.9 Å². The minimum absolute atomic E-state index is 0.160. The zero-order valence-corrected chi connectivity index (χ0v) is 12.2. The Kier molecular flexibility index (Phi) is 3.10. The highest BCUT2D eigenvalue weighted by Gasteiger charge is 2.56. The van der Waals surface area contributed by atoms with E-state index in [1.54, 1.807) is 11.3 Å². The summed E-state index contributed by atoms with van der Waals surface area (Å²) in [6.07, 6.45) is 0.505. The lowest BCUT2D eigenvalue weighted by atomic mass is 10.4. The van der Waals surface area contributed by atoms with E-state index >= 15 is 0 Å². The van der Waals surface area contributed by atoms with E-state index in [0.29, 0.717) is 11.6 Å². The molecule has 1 N–H and O–H groups in total. The first kappa shape index (κ1) is 12.4. The van der Waals surface area contributed by atoms with Crippen molar-refractivity contribution in [3.8, 4) is 10.6 Å². The quantitative estimate of drug-likeness (QED) is 0.869. The van der Waals surface area contributed by atoms with Crippen molar-refractivity contribution >= 4 is 56.9 Å². The van der Waals surface area contributed by atoms with Crippen LogP contribution in [-0.2, 0) is 4.79 Å². The van der Waals surface area contributed by atoms with Crippen LogP contribution < -0.4 is 5.32 Å². The Bertz CT molecular complexity index is 580. The lowest BCUT2D eigenvalue weighted by molar-refractivity contribution is -0.117. The van der Waals surface area contributed by atoms with Gasteiger partial charge in [0.15, 0.2) is 5.13 Å². The van der Waals surface area contributed by atoms with Crippen molar-refractivity contribution < 1.29 is 4.79 Å². The Morgan fingerprint density at radius 3 is 2.89 bits per heavy atom. The second kappa shape index (κ2) is 4.49. The maximum absolute atomic E-state index is 11.8. The highest BCUT2D eigenvalue weighted by molar-refractivity contribution is 7.16. The number of aromatic nitrogens is 1. The average molecular weight is 319 g/mol. The Morgan fingerprint density at radius 2 is 2.28 bits per heavy atom. The van der Waals surface area contributed by atoms with Gasteiger partial charge >= 0.3 is 0 Å². The molecular formula is C11H8Cl2N2OS2. The highest BCUT2D eigenvalue weighted by Crippen LogP contribution is 2.53. The van der Waals surface area contributed by atoms with E-state index in [9.17, 15) is 4.79 Å². The highest BCUT2D eigenvalue weighted by atomic mass is 35.5. The number of hydrogen-bond acceptors (Lipinski definition) is 4. The summed E-state index contributed by atoms with van der Waals surface area (Å²) in [5.41, 5.74) is 0.879. The predicted molar refractivity (Wildman–Crippen MR) is 76.6 cm³/mol. The molecule has 1 unspecified atom stereocenters. The number of amides is 1. The molecule has 2 heterocycles. The first-order valence-corrected chi connectivity index (χ1v) is 7.76. The number of thiazole rings is 1. The van der Waals surface area contributed by atoms with Crippen LogP contribution in [0.25, 0.3) is 10.6 Å². The van der Waals surface area contributed by atoms with Gasteiger partial charge in [0.05, 0.1) is 16.5 Å². The van der Waals surface area contributed by atoms with Crippen LogP contribution >= 0.6 is 45.9 Å². The van der Waals surface area contributed by atoms with Gasteiger partial charge in [0, 0.05) is 5.38 Å². The zero-order valence-electron chi connectivity index (χ0n) is 9.02. The van der Waals surface area contributed by atoms with Gasteiger partial charge < -0.3 is 5.32 Å². The van der Waals surface area contributed by atoms with Crippen LogP contribution in [0.4, 0.5) is 5.13 Å². The first-order valence-electron chi connectivity index (χ1n) is 5.24. The third-order valence-electron chi connectivity index (χ3n) is 2.65. The minimum Gasteiger partial charge on any atom is -0.302 e. The molecule has 1 aliphatic carbocycles. The number of halogens is 2. The van der Waals surface area contributed by atoms with Crippen LogP contribution in [0.5, 0.6) is 0 Å². The predicted octanol–water partition coefficient (Wildman–Crippen LogP) is 4.00. The van der Waals surface area contributed by atoms with Crippen molar-refractivity contribution in [2.24, 2.45) is 5.92 Å². The van der Waals surface area contributed by atoms with E-state index in [4.69, 9.17) is 23.2 Å². The molecule has 7 heteroatoms. The molecule has 3 nitrogen and oxygen atoms in total. The van der Waals surface area contributed by atoms with Gasteiger partial charge in [-0.25, -0.2) is 4.98 Å². The maximum atomic E-state index is 11.8. The minimum atomic E-state index is -0.891. The van der Waals surface area contributed by atoms with Crippen LogP contribution in [0.2, 0.25) is 0 Å². The van der Waals surface area contributed by atoms with Crippen molar-refractivity contribution in [2.45, 2.75) is 10.8 Å². The molecule has 0 aromatic carbocycles. The molecule has 1 fully saturated rings. The molecule has 0 bridgehead atoms. The summed E-state index contributed by atoms with van der Waals surface area (Å²) in [5.74, 6) is -0.484. The van der Waals surface area contributed by atoms with Gasteiger partial charge in [0.25, 0.3) is 0 Å². The number of anilines is 1. The number of carbonyl (C=O) groups excluding carboxylic acids is 1. The standard InChI is InChI=1S/C11H8Cl2N2OS2/c12-11(13)4-6(11)9(16)15-10-14-7(5-18-10)8-2-1-3-17-8/h1-3,5-6H,4H2,(H,14,15,16). The Hall–Kier alpha value is -0.620. The molecule has 1 amide bonds. The Balaban J connectivity index is 1.69.